The molecule has 31 heavy (non-hydrogen) atoms. The number of aliphatic carboxylic acids is 1. The van der Waals surface area contributed by atoms with Crippen molar-refractivity contribution in [2.75, 3.05) is 6.61 Å². The third-order valence-electron chi connectivity index (χ3n) is 5.36. The number of alkyl carbamates (subject to hydrolysis) is 1. The average molecular weight is 440 g/mol. The van der Waals surface area contributed by atoms with Crippen LogP contribution in [-0.2, 0) is 9.53 Å². The van der Waals surface area contributed by atoms with Crippen LogP contribution in [0, 0.1) is 5.82 Å². The maximum atomic E-state index is 13.8. The number of hydrogen-bond acceptors (Lipinski definition) is 3. The third-order valence-corrected chi connectivity index (χ3v) is 5.67. The molecule has 3 aromatic carbocycles. The Morgan fingerprint density at radius 3 is 2.23 bits per heavy atom. The Hall–Kier alpha value is -3.38. The molecule has 1 amide bonds. The number of nitrogens with one attached hydrogen (secondary N) is 1. The van der Waals surface area contributed by atoms with E-state index in [0.717, 1.165) is 28.3 Å². The van der Waals surface area contributed by atoms with Gasteiger partial charge in [0, 0.05) is 5.92 Å². The van der Waals surface area contributed by atoms with Crippen LogP contribution >= 0.6 is 11.6 Å². The normalized spacial score (nSPS) is 13.2. The number of carboxylic acid groups (broad SMARTS) is 1. The van der Waals surface area contributed by atoms with Gasteiger partial charge in [0.15, 0.2) is 0 Å². The van der Waals surface area contributed by atoms with Crippen LogP contribution in [-0.4, -0.2) is 23.8 Å². The number of carbonyl (C=O) groups excluding carboxylic acids is 1. The van der Waals surface area contributed by atoms with Crippen LogP contribution in [0.1, 0.15) is 35.1 Å². The molecule has 3 aromatic rings. The van der Waals surface area contributed by atoms with Crippen LogP contribution in [0.15, 0.2) is 66.7 Å². The topological polar surface area (TPSA) is 75.6 Å². The standard InChI is InChI=1S/C24H19ClFNO4/c25-20-10-9-14(11-21(20)26)22(12-23(28)29)27-24(30)31-13-19-17-7-3-1-5-15(17)16-6-2-4-8-18(16)19/h1-11,19,22H,12-13H2,(H,27,30)(H,28,29). The Labute approximate surface area is 183 Å². The molecule has 1 aliphatic rings. The number of amides is 1. The smallest absolute Gasteiger partial charge is 0.407 e. The molecule has 0 bridgehead atoms. The molecule has 0 radical (unpaired) electrons. The number of fused-ring (bicyclic) bond motifs is 3. The van der Waals surface area contributed by atoms with Crippen molar-refractivity contribution in [3.8, 4) is 11.1 Å². The second-order valence-electron chi connectivity index (χ2n) is 7.29. The minimum absolute atomic E-state index is 0.0843. The number of halogens is 2. The highest BCUT2D eigenvalue weighted by molar-refractivity contribution is 6.30. The lowest BCUT2D eigenvalue weighted by Gasteiger charge is -2.19. The average Bonchev–Trinajstić information content (AvgIpc) is 3.07. The molecule has 1 aliphatic carbocycles. The summed E-state index contributed by atoms with van der Waals surface area (Å²) in [5.41, 5.74) is 4.63. The first-order valence-corrected chi connectivity index (χ1v) is 10.1. The van der Waals surface area contributed by atoms with Crippen molar-refractivity contribution in [1.29, 1.82) is 0 Å². The summed E-state index contributed by atoms with van der Waals surface area (Å²) in [5, 5.41) is 11.6. The van der Waals surface area contributed by atoms with E-state index in [1.807, 2.05) is 48.5 Å². The van der Waals surface area contributed by atoms with Crippen molar-refractivity contribution >= 4 is 23.7 Å². The molecule has 0 heterocycles. The first kappa shape index (κ1) is 20.9. The van der Waals surface area contributed by atoms with Gasteiger partial charge in [0.2, 0.25) is 0 Å². The molecule has 1 atom stereocenters. The summed E-state index contributed by atoms with van der Waals surface area (Å²) in [6.45, 7) is 0.0919. The molecule has 5 nitrogen and oxygen atoms in total. The SMILES string of the molecule is O=C(O)CC(NC(=O)OCC1c2ccccc2-c2ccccc21)c1ccc(Cl)c(F)c1. The summed E-state index contributed by atoms with van der Waals surface area (Å²) in [5.74, 6) is -1.95. The number of benzene rings is 3. The fourth-order valence-electron chi connectivity index (χ4n) is 3.94. The summed E-state index contributed by atoms with van der Waals surface area (Å²) in [6.07, 6.45) is -1.20. The molecule has 4 rings (SSSR count). The molecule has 0 fully saturated rings. The van der Waals surface area contributed by atoms with Gasteiger partial charge >= 0.3 is 12.1 Å². The molecule has 0 spiro atoms. The Kier molecular flexibility index (Phi) is 5.91. The zero-order valence-corrected chi connectivity index (χ0v) is 17.1. The number of hydrogen-bond donors (Lipinski definition) is 2. The van der Waals surface area contributed by atoms with Crippen LogP contribution < -0.4 is 5.32 Å². The molecule has 7 heteroatoms. The van der Waals surface area contributed by atoms with E-state index >= 15 is 0 Å². The third kappa shape index (κ3) is 4.39. The van der Waals surface area contributed by atoms with Crippen molar-refractivity contribution in [3.63, 3.8) is 0 Å². The first-order valence-electron chi connectivity index (χ1n) is 9.72. The number of rotatable bonds is 6. The minimum Gasteiger partial charge on any atom is -0.481 e. The van der Waals surface area contributed by atoms with Gasteiger partial charge in [0.1, 0.15) is 12.4 Å². The van der Waals surface area contributed by atoms with E-state index < -0.39 is 30.3 Å². The number of carbonyl (C=O) groups is 2. The number of ether oxygens (including phenoxy) is 1. The van der Waals surface area contributed by atoms with Crippen LogP contribution in [0.25, 0.3) is 11.1 Å². The van der Waals surface area contributed by atoms with E-state index in [1.54, 1.807) is 0 Å². The van der Waals surface area contributed by atoms with E-state index in [2.05, 4.69) is 5.32 Å². The van der Waals surface area contributed by atoms with E-state index in [1.165, 1.54) is 12.1 Å². The van der Waals surface area contributed by atoms with Crippen molar-refractivity contribution < 1.29 is 23.8 Å². The Morgan fingerprint density at radius 1 is 1.03 bits per heavy atom. The van der Waals surface area contributed by atoms with E-state index in [9.17, 15) is 19.1 Å². The van der Waals surface area contributed by atoms with Gasteiger partial charge in [-0.1, -0.05) is 66.2 Å². The van der Waals surface area contributed by atoms with Gasteiger partial charge in [0.05, 0.1) is 17.5 Å². The lowest BCUT2D eigenvalue weighted by molar-refractivity contribution is -0.137. The first-order chi connectivity index (χ1) is 14.9. The van der Waals surface area contributed by atoms with E-state index in [-0.39, 0.29) is 23.1 Å². The van der Waals surface area contributed by atoms with Gasteiger partial charge in [-0.3, -0.25) is 4.79 Å². The van der Waals surface area contributed by atoms with Gasteiger partial charge in [-0.2, -0.15) is 0 Å². The van der Waals surface area contributed by atoms with Gasteiger partial charge in [0.25, 0.3) is 0 Å². The Bertz CT molecular complexity index is 1100. The molecule has 158 valence electrons. The van der Waals surface area contributed by atoms with Crippen molar-refractivity contribution in [3.05, 3.63) is 94.3 Å². The van der Waals surface area contributed by atoms with E-state index in [4.69, 9.17) is 16.3 Å². The molecule has 0 saturated carbocycles. The number of carboxylic acids is 1. The van der Waals surface area contributed by atoms with Gasteiger partial charge in [-0.25, -0.2) is 9.18 Å². The van der Waals surface area contributed by atoms with Crippen LogP contribution in [0.2, 0.25) is 5.02 Å². The fraction of sp³-hybridized carbons (Fsp3) is 0.167. The molecule has 2 N–H and O–H groups in total. The zero-order valence-electron chi connectivity index (χ0n) is 16.3. The second-order valence-corrected chi connectivity index (χ2v) is 7.70. The molecular formula is C24H19ClFNO4. The van der Waals surface area contributed by atoms with Crippen molar-refractivity contribution in [2.24, 2.45) is 0 Å². The summed E-state index contributed by atoms with van der Waals surface area (Å²) in [6, 6.07) is 18.8. The monoisotopic (exact) mass is 439 g/mol. The maximum Gasteiger partial charge on any atom is 0.407 e. The lowest BCUT2D eigenvalue weighted by atomic mass is 9.98. The van der Waals surface area contributed by atoms with Crippen LogP contribution in [0.3, 0.4) is 0 Å². The van der Waals surface area contributed by atoms with Crippen molar-refractivity contribution in [1.82, 2.24) is 5.32 Å². The van der Waals surface area contributed by atoms with Gasteiger partial charge < -0.3 is 15.2 Å². The molecule has 0 saturated heterocycles. The predicted octanol–water partition coefficient (Wildman–Crippen LogP) is 5.53. The molecule has 0 aliphatic heterocycles. The quantitative estimate of drug-likeness (QED) is 0.529. The van der Waals surface area contributed by atoms with Crippen LogP contribution in [0.5, 0.6) is 0 Å². The summed E-state index contributed by atoms with van der Waals surface area (Å²) in [4.78, 5) is 23.7. The van der Waals surface area contributed by atoms with Crippen LogP contribution in [0.4, 0.5) is 9.18 Å². The van der Waals surface area contributed by atoms with E-state index in [0.29, 0.717) is 0 Å². The highest BCUT2D eigenvalue weighted by Gasteiger charge is 2.29. The second kappa shape index (κ2) is 8.78. The van der Waals surface area contributed by atoms with Gasteiger partial charge in [-0.15, -0.1) is 0 Å². The molecule has 1 unspecified atom stereocenters. The highest BCUT2D eigenvalue weighted by atomic mass is 35.5. The molecule has 0 aromatic heterocycles. The summed E-state index contributed by atoms with van der Waals surface area (Å²) in [7, 11) is 0. The van der Waals surface area contributed by atoms with Crippen molar-refractivity contribution in [2.45, 2.75) is 18.4 Å². The summed E-state index contributed by atoms with van der Waals surface area (Å²) >= 11 is 5.70. The fourth-order valence-corrected chi connectivity index (χ4v) is 4.06. The van der Waals surface area contributed by atoms with Gasteiger partial charge in [-0.05, 0) is 39.9 Å². The Balaban J connectivity index is 1.49. The largest absolute Gasteiger partial charge is 0.481 e. The molecular weight excluding hydrogens is 421 g/mol. The highest BCUT2D eigenvalue weighted by Crippen LogP contribution is 2.44. The Morgan fingerprint density at radius 2 is 1.65 bits per heavy atom. The summed E-state index contributed by atoms with van der Waals surface area (Å²) < 4.78 is 19.3. The maximum absolute atomic E-state index is 13.8. The zero-order chi connectivity index (χ0) is 22.0. The minimum atomic E-state index is -1.14. The lowest BCUT2D eigenvalue weighted by Crippen LogP contribution is -2.31. The predicted molar refractivity (Wildman–Crippen MR) is 115 cm³/mol.